The fourth-order valence-electron chi connectivity index (χ4n) is 2.14. The van der Waals surface area contributed by atoms with Crippen LogP contribution in [-0.4, -0.2) is 39.6 Å². The van der Waals surface area contributed by atoms with Crippen molar-refractivity contribution in [2.24, 2.45) is 0 Å². The van der Waals surface area contributed by atoms with Crippen LogP contribution in [0.4, 0.5) is 0 Å². The average molecular weight is 279 g/mol. The molecule has 0 saturated heterocycles. The minimum absolute atomic E-state index is 0.0552. The minimum Gasteiger partial charge on any atom is -0.481 e. The summed E-state index contributed by atoms with van der Waals surface area (Å²) in [5, 5.41) is 18.1. The standard InChI is InChI=1S/C15H21NO4/c1-2-6-13(15(19)20)16(10-9-14(17)18)11-12-7-4-3-5-8-12/h3-5,7-8,13H,2,6,9-11H2,1H3,(H,17,18)(H,19,20). The highest BCUT2D eigenvalue weighted by Crippen LogP contribution is 2.13. The van der Waals surface area contributed by atoms with E-state index in [-0.39, 0.29) is 13.0 Å². The lowest BCUT2D eigenvalue weighted by Gasteiger charge is -2.28. The van der Waals surface area contributed by atoms with E-state index >= 15 is 0 Å². The molecule has 0 saturated carbocycles. The second kappa shape index (κ2) is 8.32. The lowest BCUT2D eigenvalue weighted by atomic mass is 10.1. The molecule has 0 bridgehead atoms. The molecule has 0 amide bonds. The normalized spacial score (nSPS) is 12.3. The Kier molecular flexibility index (Phi) is 6.73. The average Bonchev–Trinajstić information content (AvgIpc) is 2.41. The number of carbonyl (C=O) groups is 2. The van der Waals surface area contributed by atoms with E-state index in [4.69, 9.17) is 5.11 Å². The van der Waals surface area contributed by atoms with Crippen molar-refractivity contribution < 1.29 is 19.8 Å². The third-order valence-electron chi connectivity index (χ3n) is 3.13. The Morgan fingerprint density at radius 2 is 1.85 bits per heavy atom. The first-order chi connectivity index (χ1) is 9.54. The van der Waals surface area contributed by atoms with E-state index in [9.17, 15) is 14.7 Å². The molecule has 0 spiro atoms. The van der Waals surface area contributed by atoms with Gasteiger partial charge < -0.3 is 10.2 Å². The molecule has 20 heavy (non-hydrogen) atoms. The predicted octanol–water partition coefficient (Wildman–Crippen LogP) is 2.22. The Morgan fingerprint density at radius 3 is 2.35 bits per heavy atom. The topological polar surface area (TPSA) is 77.8 Å². The van der Waals surface area contributed by atoms with Crippen LogP contribution in [0.1, 0.15) is 31.7 Å². The van der Waals surface area contributed by atoms with Gasteiger partial charge in [0.15, 0.2) is 0 Å². The Morgan fingerprint density at radius 1 is 1.20 bits per heavy atom. The SMILES string of the molecule is CCCC(C(=O)O)N(CCC(=O)O)Cc1ccccc1. The maximum absolute atomic E-state index is 11.4. The zero-order valence-corrected chi connectivity index (χ0v) is 11.7. The maximum Gasteiger partial charge on any atom is 0.320 e. The van der Waals surface area contributed by atoms with Gasteiger partial charge in [-0.2, -0.15) is 0 Å². The van der Waals surface area contributed by atoms with E-state index < -0.39 is 18.0 Å². The fraction of sp³-hybridized carbons (Fsp3) is 0.467. The van der Waals surface area contributed by atoms with Gasteiger partial charge in [0.25, 0.3) is 0 Å². The van der Waals surface area contributed by atoms with Gasteiger partial charge in [0.2, 0.25) is 0 Å². The molecule has 0 radical (unpaired) electrons. The summed E-state index contributed by atoms with van der Waals surface area (Å²) in [5.41, 5.74) is 0.986. The van der Waals surface area contributed by atoms with Crippen LogP contribution in [0, 0.1) is 0 Å². The molecule has 1 aromatic carbocycles. The number of carboxylic acids is 2. The predicted molar refractivity (Wildman–Crippen MR) is 75.4 cm³/mol. The zero-order valence-electron chi connectivity index (χ0n) is 11.7. The van der Waals surface area contributed by atoms with Crippen molar-refractivity contribution in [2.75, 3.05) is 6.54 Å². The van der Waals surface area contributed by atoms with Crippen LogP contribution in [0.25, 0.3) is 0 Å². The second-order valence-electron chi connectivity index (χ2n) is 4.74. The van der Waals surface area contributed by atoms with Gasteiger partial charge >= 0.3 is 11.9 Å². The molecule has 1 unspecified atom stereocenters. The molecule has 0 fully saturated rings. The van der Waals surface area contributed by atoms with Gasteiger partial charge in [0.1, 0.15) is 6.04 Å². The van der Waals surface area contributed by atoms with Gasteiger partial charge in [0.05, 0.1) is 6.42 Å². The highest BCUT2D eigenvalue weighted by molar-refractivity contribution is 5.73. The highest BCUT2D eigenvalue weighted by atomic mass is 16.4. The molecular weight excluding hydrogens is 258 g/mol. The number of aliphatic carboxylic acids is 2. The van der Waals surface area contributed by atoms with E-state index in [0.717, 1.165) is 12.0 Å². The van der Waals surface area contributed by atoms with Crippen molar-refractivity contribution >= 4 is 11.9 Å². The second-order valence-corrected chi connectivity index (χ2v) is 4.74. The van der Waals surface area contributed by atoms with E-state index in [0.29, 0.717) is 13.0 Å². The highest BCUT2D eigenvalue weighted by Gasteiger charge is 2.25. The van der Waals surface area contributed by atoms with Gasteiger partial charge in [0, 0.05) is 13.1 Å². The van der Waals surface area contributed by atoms with Crippen LogP contribution in [0.2, 0.25) is 0 Å². The van der Waals surface area contributed by atoms with E-state index in [2.05, 4.69) is 0 Å². The number of nitrogens with zero attached hydrogens (tertiary/aromatic N) is 1. The van der Waals surface area contributed by atoms with E-state index in [1.165, 1.54) is 0 Å². The smallest absolute Gasteiger partial charge is 0.320 e. The Bertz CT molecular complexity index is 433. The lowest BCUT2D eigenvalue weighted by molar-refractivity contribution is -0.145. The van der Waals surface area contributed by atoms with Gasteiger partial charge in [-0.1, -0.05) is 43.7 Å². The first-order valence-electron chi connectivity index (χ1n) is 6.77. The summed E-state index contributed by atoms with van der Waals surface area (Å²) in [4.78, 5) is 23.8. The molecule has 1 aromatic rings. The maximum atomic E-state index is 11.4. The van der Waals surface area contributed by atoms with Gasteiger partial charge in [-0.25, -0.2) is 0 Å². The quantitative estimate of drug-likeness (QED) is 0.724. The number of hydrogen-bond donors (Lipinski definition) is 2. The summed E-state index contributed by atoms with van der Waals surface area (Å²) in [6.45, 7) is 2.61. The molecule has 0 heterocycles. The van der Waals surface area contributed by atoms with Crippen molar-refractivity contribution in [3.05, 3.63) is 35.9 Å². The Balaban J connectivity index is 2.82. The summed E-state index contributed by atoms with van der Waals surface area (Å²) in [6, 6.07) is 8.86. The summed E-state index contributed by atoms with van der Waals surface area (Å²) in [7, 11) is 0. The van der Waals surface area contributed by atoms with Crippen molar-refractivity contribution in [1.29, 1.82) is 0 Å². The molecule has 5 nitrogen and oxygen atoms in total. The molecular formula is C15H21NO4. The zero-order chi connectivity index (χ0) is 15.0. The first-order valence-corrected chi connectivity index (χ1v) is 6.77. The van der Waals surface area contributed by atoms with Crippen LogP contribution < -0.4 is 0 Å². The molecule has 1 rings (SSSR count). The molecule has 0 aliphatic rings. The summed E-state index contributed by atoms with van der Waals surface area (Å²) >= 11 is 0. The van der Waals surface area contributed by atoms with Crippen LogP contribution in [0.3, 0.4) is 0 Å². The first kappa shape index (κ1) is 16.2. The fourth-order valence-corrected chi connectivity index (χ4v) is 2.14. The number of carboxylic acid groups (broad SMARTS) is 2. The Hall–Kier alpha value is -1.88. The van der Waals surface area contributed by atoms with E-state index in [1.807, 2.05) is 37.3 Å². The third kappa shape index (κ3) is 5.40. The summed E-state index contributed by atoms with van der Waals surface area (Å²) < 4.78 is 0. The number of hydrogen-bond acceptors (Lipinski definition) is 3. The molecule has 110 valence electrons. The number of rotatable bonds is 9. The molecule has 5 heteroatoms. The van der Waals surface area contributed by atoms with Crippen molar-refractivity contribution in [1.82, 2.24) is 4.90 Å². The van der Waals surface area contributed by atoms with Crippen LogP contribution in [0.15, 0.2) is 30.3 Å². The van der Waals surface area contributed by atoms with Gasteiger partial charge in [-0.15, -0.1) is 0 Å². The van der Waals surface area contributed by atoms with Gasteiger partial charge in [-0.3, -0.25) is 14.5 Å². The van der Waals surface area contributed by atoms with Crippen molar-refractivity contribution in [3.63, 3.8) is 0 Å². The number of benzene rings is 1. The summed E-state index contributed by atoms with van der Waals surface area (Å²) in [5.74, 6) is -1.81. The monoisotopic (exact) mass is 279 g/mol. The van der Waals surface area contributed by atoms with Crippen molar-refractivity contribution in [3.8, 4) is 0 Å². The third-order valence-corrected chi connectivity index (χ3v) is 3.13. The van der Waals surface area contributed by atoms with Crippen molar-refractivity contribution in [2.45, 2.75) is 38.8 Å². The molecule has 0 aromatic heterocycles. The molecule has 1 atom stereocenters. The summed E-state index contributed by atoms with van der Waals surface area (Å²) in [6.07, 6.45) is 1.21. The Labute approximate surface area is 118 Å². The van der Waals surface area contributed by atoms with Gasteiger partial charge in [-0.05, 0) is 12.0 Å². The molecule has 0 aliphatic carbocycles. The minimum atomic E-state index is -0.913. The van der Waals surface area contributed by atoms with E-state index in [1.54, 1.807) is 4.90 Å². The molecule has 0 aliphatic heterocycles. The molecule has 2 N–H and O–H groups in total. The lowest BCUT2D eigenvalue weighted by Crippen LogP contribution is -2.41. The van der Waals surface area contributed by atoms with Crippen LogP contribution >= 0.6 is 0 Å². The van der Waals surface area contributed by atoms with Crippen LogP contribution in [0.5, 0.6) is 0 Å². The van der Waals surface area contributed by atoms with Crippen LogP contribution in [-0.2, 0) is 16.1 Å². The largest absolute Gasteiger partial charge is 0.481 e.